The van der Waals surface area contributed by atoms with Gasteiger partial charge in [-0.05, 0) is 73.3 Å². The van der Waals surface area contributed by atoms with Crippen molar-refractivity contribution < 1.29 is 35.1 Å². The predicted octanol–water partition coefficient (Wildman–Crippen LogP) is 13.2. The van der Waals surface area contributed by atoms with Gasteiger partial charge >= 0.3 is 0 Å². The third-order valence-corrected chi connectivity index (χ3v) is 7.79. The summed E-state index contributed by atoms with van der Waals surface area (Å²) >= 11 is 4.29. The molecule has 4 rings (SSSR count). The first-order valence-electron chi connectivity index (χ1n) is 16.0. The average molecular weight is 717 g/mol. The van der Waals surface area contributed by atoms with Crippen LogP contribution in [0.5, 0.6) is 0 Å². The molecule has 0 unspecified atom stereocenters. The molecule has 2 N–H and O–H groups in total. The van der Waals surface area contributed by atoms with Crippen molar-refractivity contribution >= 4 is 52.1 Å². The van der Waals surface area contributed by atoms with E-state index in [1.807, 2.05) is 5.16 Å². The van der Waals surface area contributed by atoms with E-state index in [1.54, 1.807) is 24.3 Å². The average Bonchev–Trinajstić information content (AvgIpc) is 3.11. The topological polar surface area (TPSA) is 38.4 Å². The van der Waals surface area contributed by atoms with Crippen LogP contribution in [0.15, 0.2) is 77.8 Å². The molecule has 0 radical (unpaired) electrons. The van der Waals surface area contributed by atoms with Crippen molar-refractivity contribution in [1.29, 1.82) is 0 Å². The molecular formula is C39H36F8N2S. The van der Waals surface area contributed by atoms with Gasteiger partial charge in [0.05, 0.1) is 5.16 Å². The number of hydrogen-bond donors (Lipinski definition) is 1. The second-order valence-electron chi connectivity index (χ2n) is 11.4. The fourth-order valence-corrected chi connectivity index (χ4v) is 4.95. The highest BCUT2D eigenvalue weighted by Gasteiger charge is 2.18. The summed E-state index contributed by atoms with van der Waals surface area (Å²) in [5.74, 6) is -9.57. The molecule has 0 saturated carbocycles. The normalized spacial score (nSPS) is 12.0. The first kappa shape index (κ1) is 39.8. The predicted molar refractivity (Wildman–Crippen MR) is 189 cm³/mol. The Labute approximate surface area is 292 Å². The number of unbranched alkanes of at least 4 members (excludes halogenated alkanes) is 4. The van der Waals surface area contributed by atoms with Crippen LogP contribution in [0.2, 0.25) is 0 Å². The van der Waals surface area contributed by atoms with Gasteiger partial charge in [0.1, 0.15) is 23.0 Å². The molecule has 50 heavy (non-hydrogen) atoms. The third kappa shape index (κ3) is 11.0. The van der Waals surface area contributed by atoms with E-state index in [0.717, 1.165) is 62.5 Å². The van der Waals surface area contributed by atoms with Gasteiger partial charge in [0.25, 0.3) is 0 Å². The Hall–Kier alpha value is -4.60. The van der Waals surface area contributed by atoms with Gasteiger partial charge in [-0.2, -0.15) is 4.99 Å². The molecule has 0 fully saturated rings. The molecule has 264 valence electrons. The maximum atomic E-state index is 14.4. The van der Waals surface area contributed by atoms with Crippen LogP contribution in [0.1, 0.15) is 85.8 Å². The third-order valence-electron chi connectivity index (χ3n) is 7.70. The lowest BCUT2D eigenvalue weighted by Gasteiger charge is -2.06. The number of benzene rings is 4. The zero-order valence-corrected chi connectivity index (χ0v) is 28.4. The summed E-state index contributed by atoms with van der Waals surface area (Å²) in [5, 5.41) is 1.83. The molecule has 2 nitrogen and oxygen atoms in total. The van der Waals surface area contributed by atoms with Crippen molar-refractivity contribution in [2.24, 2.45) is 4.99 Å². The Morgan fingerprint density at radius 2 is 0.900 bits per heavy atom. The van der Waals surface area contributed by atoms with E-state index in [9.17, 15) is 35.1 Å². The fourth-order valence-electron chi connectivity index (χ4n) is 4.86. The molecule has 4 aromatic carbocycles. The largest absolute Gasteiger partial charge is 0.394 e. The highest BCUT2D eigenvalue weighted by molar-refractivity contribution is 7.78. The molecular weight excluding hydrogens is 680 g/mol. The van der Waals surface area contributed by atoms with Gasteiger partial charge in [0, 0.05) is 22.3 Å². The number of isothiocyanates is 1. The zero-order valence-electron chi connectivity index (χ0n) is 27.5. The van der Waals surface area contributed by atoms with Crippen molar-refractivity contribution in [2.45, 2.75) is 65.2 Å². The van der Waals surface area contributed by atoms with Crippen LogP contribution < -0.4 is 5.73 Å². The summed E-state index contributed by atoms with van der Waals surface area (Å²) in [6.07, 6.45) is 8.21. The Kier molecular flexibility index (Phi) is 15.6. The van der Waals surface area contributed by atoms with Gasteiger partial charge in [0.2, 0.25) is 0 Å². The minimum atomic E-state index is -1.35. The summed E-state index contributed by atoms with van der Waals surface area (Å²) in [4.78, 5) is 3.23. The molecule has 0 heterocycles. The first-order chi connectivity index (χ1) is 23.9. The van der Waals surface area contributed by atoms with Crippen LogP contribution in [0.4, 0.5) is 46.5 Å². The molecule has 4 aromatic rings. The number of nitrogen functional groups attached to an aromatic ring is 1. The Morgan fingerprint density at radius 3 is 1.24 bits per heavy atom. The summed E-state index contributed by atoms with van der Waals surface area (Å²) in [7, 11) is 0. The van der Waals surface area contributed by atoms with Crippen LogP contribution >= 0.6 is 12.2 Å². The molecule has 0 bridgehead atoms. The molecule has 0 aliphatic rings. The molecule has 0 aliphatic carbocycles. The maximum Gasteiger partial charge on any atom is 0.166 e. The number of rotatable bonds is 13. The minimum Gasteiger partial charge on any atom is -0.394 e. The van der Waals surface area contributed by atoms with Gasteiger partial charge in [-0.3, -0.25) is 0 Å². The van der Waals surface area contributed by atoms with Gasteiger partial charge in [-0.1, -0.05) is 88.1 Å². The van der Waals surface area contributed by atoms with Gasteiger partial charge in [0.15, 0.2) is 34.9 Å². The Morgan fingerprint density at radius 1 is 0.560 bits per heavy atom. The van der Waals surface area contributed by atoms with Gasteiger partial charge < -0.3 is 5.73 Å². The number of thiocarbonyl (C=S) groups is 1. The maximum absolute atomic E-state index is 14.4. The second kappa shape index (κ2) is 19.6. The van der Waals surface area contributed by atoms with Crippen LogP contribution in [0.3, 0.4) is 0 Å². The Balaban J connectivity index is 0.000000271. The summed E-state index contributed by atoms with van der Waals surface area (Å²) in [5.41, 5.74) is 4.72. The SMILES string of the molecule is CCCCCc1ccc(/C(F)=C(\F)c2cc(F)c(N)c(F)c2)cc1.CCCCCc1ccc(/C(F)=C(\F)c2cc(F)c(N=C=S)c(F)c2)cc1. The van der Waals surface area contributed by atoms with E-state index in [-0.39, 0.29) is 11.1 Å². The van der Waals surface area contributed by atoms with Crippen molar-refractivity contribution in [1.82, 2.24) is 0 Å². The smallest absolute Gasteiger partial charge is 0.166 e. The molecule has 0 saturated heterocycles. The van der Waals surface area contributed by atoms with Crippen molar-refractivity contribution in [3.05, 3.63) is 129 Å². The zero-order chi connectivity index (χ0) is 36.8. The molecule has 11 heteroatoms. The quantitative estimate of drug-likeness (QED) is 0.0374. The summed E-state index contributed by atoms with van der Waals surface area (Å²) in [6, 6.07) is 15.4. The van der Waals surface area contributed by atoms with Crippen LogP contribution in [0, 0.1) is 23.3 Å². The number of nitrogens with zero attached hydrogens (tertiary/aromatic N) is 1. The molecule has 0 aliphatic heterocycles. The molecule has 0 atom stereocenters. The van der Waals surface area contributed by atoms with E-state index in [0.29, 0.717) is 24.3 Å². The lowest BCUT2D eigenvalue weighted by Crippen LogP contribution is -1.97. The minimum absolute atomic E-state index is 0.00328. The van der Waals surface area contributed by atoms with Crippen LogP contribution in [-0.4, -0.2) is 5.16 Å². The van der Waals surface area contributed by atoms with Crippen molar-refractivity contribution in [3.63, 3.8) is 0 Å². The number of anilines is 1. The lowest BCUT2D eigenvalue weighted by atomic mass is 10.0. The Bertz CT molecular complexity index is 1820. The molecule has 0 amide bonds. The summed E-state index contributed by atoms with van der Waals surface area (Å²) in [6.45, 7) is 4.21. The molecule has 0 spiro atoms. The highest BCUT2D eigenvalue weighted by Crippen LogP contribution is 2.34. The van der Waals surface area contributed by atoms with E-state index in [2.05, 4.69) is 31.1 Å². The molecule has 0 aromatic heterocycles. The van der Waals surface area contributed by atoms with E-state index in [1.165, 1.54) is 24.3 Å². The van der Waals surface area contributed by atoms with Crippen molar-refractivity contribution in [3.8, 4) is 0 Å². The van der Waals surface area contributed by atoms with Gasteiger partial charge in [-0.25, -0.2) is 35.1 Å². The highest BCUT2D eigenvalue weighted by atomic mass is 32.1. The first-order valence-corrected chi connectivity index (χ1v) is 16.4. The van der Waals surface area contributed by atoms with E-state index < -0.39 is 69.1 Å². The standard InChI is InChI=1S/C20H17F4NS.C19H19F4N/c1-2-3-4-5-13-6-8-14(9-7-13)18(23)19(24)15-10-16(21)20(25-12-26)17(22)11-15;1-2-3-4-5-12-6-8-13(9-7-12)17(22)18(23)14-10-15(20)19(24)16(21)11-14/h6-11H,2-5H2,1H3;6-11H,2-5,24H2,1H3/b19-18+;18-17+. The number of aryl methyl sites for hydroxylation is 2. The monoisotopic (exact) mass is 716 g/mol. The fraction of sp³-hybridized carbons (Fsp3) is 0.256. The lowest BCUT2D eigenvalue weighted by molar-refractivity contribution is 0.584. The van der Waals surface area contributed by atoms with Crippen LogP contribution in [0.25, 0.3) is 23.3 Å². The number of halogens is 8. The van der Waals surface area contributed by atoms with E-state index in [4.69, 9.17) is 5.73 Å². The number of aliphatic imine (C=N–C) groups is 1. The van der Waals surface area contributed by atoms with Crippen LogP contribution in [-0.2, 0) is 12.8 Å². The van der Waals surface area contributed by atoms with E-state index >= 15 is 0 Å². The number of nitrogens with two attached hydrogens (primary N) is 1. The summed E-state index contributed by atoms with van der Waals surface area (Å²) < 4.78 is 112. The number of hydrogen-bond acceptors (Lipinski definition) is 3. The second-order valence-corrected chi connectivity index (χ2v) is 11.6. The van der Waals surface area contributed by atoms with Gasteiger partial charge in [-0.15, -0.1) is 0 Å². The van der Waals surface area contributed by atoms with Crippen molar-refractivity contribution in [2.75, 3.05) is 5.73 Å².